The standard InChI is InChI=1S/C14H11BrN2O3S/c15-9-1-2-11(14(19)20)12(7-9)17-13(18)8-21-10-3-5-16-6-4-10/h1-7H,8H2,(H,17,18)(H,19,20). The predicted octanol–water partition coefficient (Wildman–Crippen LogP) is 3.27. The molecule has 0 atom stereocenters. The summed E-state index contributed by atoms with van der Waals surface area (Å²) in [5.74, 6) is -1.16. The zero-order chi connectivity index (χ0) is 15.2. The van der Waals surface area contributed by atoms with Crippen LogP contribution in [0.2, 0.25) is 0 Å². The van der Waals surface area contributed by atoms with Gasteiger partial charge >= 0.3 is 5.97 Å². The molecule has 1 aromatic carbocycles. The number of carbonyl (C=O) groups is 2. The summed E-state index contributed by atoms with van der Waals surface area (Å²) in [7, 11) is 0. The molecular weight excluding hydrogens is 356 g/mol. The summed E-state index contributed by atoms with van der Waals surface area (Å²) >= 11 is 4.61. The first-order valence-electron chi connectivity index (χ1n) is 5.92. The lowest BCUT2D eigenvalue weighted by Gasteiger charge is -2.09. The number of carboxylic acid groups (broad SMARTS) is 1. The van der Waals surface area contributed by atoms with Gasteiger partial charge in [-0.1, -0.05) is 15.9 Å². The third kappa shape index (κ3) is 4.57. The number of aromatic carboxylic acids is 1. The SMILES string of the molecule is O=C(CSc1ccncc1)Nc1cc(Br)ccc1C(=O)O. The van der Waals surface area contributed by atoms with Gasteiger partial charge in [0.25, 0.3) is 0 Å². The molecule has 2 aromatic rings. The molecule has 0 saturated carbocycles. The highest BCUT2D eigenvalue weighted by atomic mass is 79.9. The summed E-state index contributed by atoms with van der Waals surface area (Å²) < 4.78 is 0.699. The van der Waals surface area contributed by atoms with E-state index in [1.807, 2.05) is 0 Å². The van der Waals surface area contributed by atoms with Crippen molar-refractivity contribution < 1.29 is 14.7 Å². The van der Waals surface area contributed by atoms with E-state index in [4.69, 9.17) is 5.11 Å². The van der Waals surface area contributed by atoms with E-state index < -0.39 is 5.97 Å². The van der Waals surface area contributed by atoms with Crippen LogP contribution in [0.5, 0.6) is 0 Å². The first-order chi connectivity index (χ1) is 10.1. The van der Waals surface area contributed by atoms with Gasteiger partial charge < -0.3 is 10.4 Å². The number of aromatic nitrogens is 1. The number of nitrogens with one attached hydrogen (secondary N) is 1. The molecule has 2 rings (SSSR count). The maximum Gasteiger partial charge on any atom is 0.337 e. The number of halogens is 1. The number of hydrogen-bond donors (Lipinski definition) is 2. The molecule has 0 radical (unpaired) electrons. The van der Waals surface area contributed by atoms with Crippen LogP contribution in [0, 0.1) is 0 Å². The second-order valence-corrected chi connectivity index (χ2v) is 5.98. The van der Waals surface area contributed by atoms with Gasteiger partial charge in [0.05, 0.1) is 17.0 Å². The van der Waals surface area contributed by atoms with Gasteiger partial charge in [0, 0.05) is 21.8 Å². The van der Waals surface area contributed by atoms with Crippen molar-refractivity contribution in [1.82, 2.24) is 4.98 Å². The minimum Gasteiger partial charge on any atom is -0.478 e. The lowest BCUT2D eigenvalue weighted by molar-refractivity contribution is -0.113. The maximum atomic E-state index is 11.9. The van der Waals surface area contributed by atoms with Gasteiger partial charge in [0.15, 0.2) is 0 Å². The van der Waals surface area contributed by atoms with Crippen molar-refractivity contribution in [3.63, 3.8) is 0 Å². The van der Waals surface area contributed by atoms with Gasteiger partial charge in [-0.3, -0.25) is 9.78 Å². The number of hydrogen-bond acceptors (Lipinski definition) is 4. The third-order valence-electron chi connectivity index (χ3n) is 2.51. The van der Waals surface area contributed by atoms with Crippen molar-refractivity contribution >= 4 is 45.3 Å². The fourth-order valence-corrected chi connectivity index (χ4v) is 2.62. The molecule has 1 aromatic heterocycles. The van der Waals surface area contributed by atoms with Crippen molar-refractivity contribution in [2.45, 2.75) is 4.90 Å². The number of carboxylic acids is 1. The lowest BCUT2D eigenvalue weighted by Crippen LogP contribution is -2.16. The van der Waals surface area contributed by atoms with Gasteiger partial charge in [0.1, 0.15) is 0 Å². The smallest absolute Gasteiger partial charge is 0.337 e. The van der Waals surface area contributed by atoms with Crippen LogP contribution in [0.3, 0.4) is 0 Å². The molecule has 0 aliphatic rings. The summed E-state index contributed by atoms with van der Waals surface area (Å²) in [5.41, 5.74) is 0.331. The predicted molar refractivity (Wildman–Crippen MR) is 84.7 cm³/mol. The van der Waals surface area contributed by atoms with Crippen molar-refractivity contribution in [1.29, 1.82) is 0 Å². The second-order valence-electron chi connectivity index (χ2n) is 4.01. The Bertz CT molecular complexity index is 665. The summed E-state index contributed by atoms with van der Waals surface area (Å²) in [6, 6.07) is 8.24. The molecule has 0 aliphatic heterocycles. The van der Waals surface area contributed by atoms with Crippen molar-refractivity contribution in [2.24, 2.45) is 0 Å². The van der Waals surface area contributed by atoms with E-state index in [2.05, 4.69) is 26.2 Å². The molecule has 5 nitrogen and oxygen atoms in total. The van der Waals surface area contributed by atoms with Gasteiger partial charge in [-0.2, -0.15) is 0 Å². The highest BCUT2D eigenvalue weighted by Crippen LogP contribution is 2.22. The van der Waals surface area contributed by atoms with Gasteiger partial charge in [-0.15, -0.1) is 11.8 Å². The van der Waals surface area contributed by atoms with E-state index in [9.17, 15) is 9.59 Å². The topological polar surface area (TPSA) is 79.3 Å². The minimum atomic E-state index is -1.08. The van der Waals surface area contributed by atoms with Gasteiger partial charge in [0.2, 0.25) is 5.91 Å². The number of rotatable bonds is 5. The van der Waals surface area contributed by atoms with Gasteiger partial charge in [-0.05, 0) is 30.3 Å². The average molecular weight is 367 g/mol. The van der Waals surface area contributed by atoms with E-state index in [0.717, 1.165) is 4.90 Å². The molecule has 2 N–H and O–H groups in total. The van der Waals surface area contributed by atoms with Crippen molar-refractivity contribution in [3.05, 3.63) is 52.8 Å². The molecule has 108 valence electrons. The molecule has 0 aliphatic carbocycles. The van der Waals surface area contributed by atoms with Crippen LogP contribution in [0.15, 0.2) is 52.1 Å². The average Bonchev–Trinajstić information content (AvgIpc) is 2.46. The highest BCUT2D eigenvalue weighted by Gasteiger charge is 2.13. The van der Waals surface area contributed by atoms with Crippen LogP contribution >= 0.6 is 27.7 Å². The molecule has 7 heteroatoms. The molecule has 21 heavy (non-hydrogen) atoms. The van der Waals surface area contributed by atoms with Gasteiger partial charge in [-0.25, -0.2) is 4.79 Å². The van der Waals surface area contributed by atoms with E-state index in [1.54, 1.807) is 36.7 Å². The fourth-order valence-electron chi connectivity index (χ4n) is 1.58. The Labute approximate surface area is 133 Å². The molecule has 0 spiro atoms. The van der Waals surface area contributed by atoms with E-state index in [-0.39, 0.29) is 22.9 Å². The molecular formula is C14H11BrN2O3S. The third-order valence-corrected chi connectivity index (χ3v) is 4.01. The van der Waals surface area contributed by atoms with Crippen molar-refractivity contribution in [3.8, 4) is 0 Å². The summed E-state index contributed by atoms with van der Waals surface area (Å²) in [4.78, 5) is 27.9. The molecule has 0 bridgehead atoms. The maximum absolute atomic E-state index is 11.9. The second kappa shape index (κ2) is 7.24. The number of thioether (sulfide) groups is 1. The summed E-state index contributed by atoms with van der Waals surface area (Å²) in [6.07, 6.45) is 3.30. The molecule has 1 amide bonds. The first-order valence-corrected chi connectivity index (χ1v) is 7.69. The Balaban J connectivity index is 2.02. The minimum absolute atomic E-state index is 0.0560. The Morgan fingerprint density at radius 1 is 1.24 bits per heavy atom. The summed E-state index contributed by atoms with van der Waals surface area (Å²) in [5, 5.41) is 11.7. The van der Waals surface area contributed by atoms with Crippen molar-refractivity contribution in [2.75, 3.05) is 11.1 Å². The Morgan fingerprint density at radius 2 is 1.95 bits per heavy atom. The zero-order valence-electron chi connectivity index (χ0n) is 10.7. The van der Waals surface area contributed by atoms with Crippen LogP contribution in [0.1, 0.15) is 10.4 Å². The first kappa shape index (κ1) is 15.5. The monoisotopic (exact) mass is 366 g/mol. The number of pyridine rings is 1. The fraction of sp³-hybridized carbons (Fsp3) is 0.0714. The van der Waals surface area contributed by atoms with E-state index >= 15 is 0 Å². The van der Waals surface area contributed by atoms with E-state index in [0.29, 0.717) is 4.47 Å². The van der Waals surface area contributed by atoms with Crippen LogP contribution in [-0.4, -0.2) is 27.7 Å². The quantitative estimate of drug-likeness (QED) is 0.793. The summed E-state index contributed by atoms with van der Waals surface area (Å²) in [6.45, 7) is 0. The number of anilines is 1. The molecule has 0 saturated heterocycles. The largest absolute Gasteiger partial charge is 0.478 e. The lowest BCUT2D eigenvalue weighted by atomic mass is 10.2. The number of carbonyl (C=O) groups excluding carboxylic acids is 1. The zero-order valence-corrected chi connectivity index (χ0v) is 13.1. The highest BCUT2D eigenvalue weighted by molar-refractivity contribution is 9.10. The van der Waals surface area contributed by atoms with Crippen LogP contribution in [0.25, 0.3) is 0 Å². The van der Waals surface area contributed by atoms with Crippen LogP contribution in [-0.2, 0) is 4.79 Å². The number of nitrogens with zero attached hydrogens (tertiary/aromatic N) is 1. The molecule has 0 fully saturated rings. The Kier molecular flexibility index (Phi) is 5.35. The molecule has 1 heterocycles. The Morgan fingerprint density at radius 3 is 2.62 bits per heavy atom. The van der Waals surface area contributed by atoms with E-state index in [1.165, 1.54) is 17.8 Å². The van der Waals surface area contributed by atoms with Crippen LogP contribution in [0.4, 0.5) is 5.69 Å². The van der Waals surface area contributed by atoms with Crippen LogP contribution < -0.4 is 5.32 Å². The Hall–Kier alpha value is -1.86. The molecule has 0 unspecified atom stereocenters. The number of amides is 1. The normalized spacial score (nSPS) is 10.1. The number of benzene rings is 1.